The monoisotopic (exact) mass is 379 g/mol. The minimum atomic E-state index is -0.373. The van der Waals surface area contributed by atoms with Gasteiger partial charge in [0.2, 0.25) is 5.91 Å². The van der Waals surface area contributed by atoms with Crippen LogP contribution in [0.2, 0.25) is 0 Å². The smallest absolute Gasteiger partial charge is 0.251 e. The molecule has 2 amide bonds. The van der Waals surface area contributed by atoms with Crippen LogP contribution in [0.1, 0.15) is 47.3 Å². The van der Waals surface area contributed by atoms with Crippen molar-refractivity contribution in [3.63, 3.8) is 0 Å². The summed E-state index contributed by atoms with van der Waals surface area (Å²) in [4.78, 5) is 25.4. The van der Waals surface area contributed by atoms with Crippen LogP contribution >= 0.6 is 0 Å². The van der Waals surface area contributed by atoms with Gasteiger partial charge >= 0.3 is 0 Å². The highest BCUT2D eigenvalue weighted by Crippen LogP contribution is 2.19. The summed E-state index contributed by atoms with van der Waals surface area (Å²) in [6.07, 6.45) is 1.27. The number of aryl methyl sites for hydroxylation is 1. The zero-order valence-electron chi connectivity index (χ0n) is 16.6. The first kappa shape index (κ1) is 20.1. The molecule has 0 spiro atoms. The highest BCUT2D eigenvalue weighted by atomic mass is 16.2. The molecule has 1 fully saturated rings. The topological polar surface area (TPSA) is 70.2 Å². The van der Waals surface area contributed by atoms with E-state index >= 15 is 0 Å². The number of nitrogens with one attached hydrogen (secondary N) is 3. The third-order valence-electron chi connectivity index (χ3n) is 5.38. The molecule has 0 aromatic heterocycles. The molecule has 2 aromatic carbocycles. The van der Waals surface area contributed by atoms with E-state index in [0.717, 1.165) is 30.6 Å². The van der Waals surface area contributed by atoms with Crippen LogP contribution < -0.4 is 16.0 Å². The van der Waals surface area contributed by atoms with Crippen molar-refractivity contribution < 1.29 is 9.59 Å². The molecule has 5 heteroatoms. The lowest BCUT2D eigenvalue weighted by Gasteiger charge is -2.31. The number of hydrogen-bond donors (Lipinski definition) is 3. The zero-order valence-corrected chi connectivity index (χ0v) is 16.6. The van der Waals surface area contributed by atoms with Gasteiger partial charge in [-0.1, -0.05) is 55.0 Å². The molecule has 1 aliphatic heterocycles. The van der Waals surface area contributed by atoms with Crippen LogP contribution in [-0.2, 0) is 4.79 Å². The second kappa shape index (κ2) is 9.51. The molecule has 0 aliphatic carbocycles. The Hall–Kier alpha value is -2.66. The number of benzene rings is 2. The lowest BCUT2D eigenvalue weighted by atomic mass is 9.94. The standard InChI is InChI=1S/C23H29N3O2/c1-16-8-10-19(11-9-16)23(28)26-20(18-6-4-3-5-7-18)14-22(27)25-21-15-24-13-12-17(21)2/h3-11,17,20-21,24H,12-15H2,1-2H3,(H,25,27)(H,26,28). The van der Waals surface area contributed by atoms with Gasteiger partial charge in [0.05, 0.1) is 12.5 Å². The van der Waals surface area contributed by atoms with Gasteiger partial charge in [0, 0.05) is 18.2 Å². The molecule has 3 rings (SSSR count). The van der Waals surface area contributed by atoms with Crippen LogP contribution in [-0.4, -0.2) is 30.9 Å². The predicted molar refractivity (Wildman–Crippen MR) is 111 cm³/mol. The normalized spacial score (nSPS) is 20.2. The van der Waals surface area contributed by atoms with Crippen molar-refractivity contribution in [1.82, 2.24) is 16.0 Å². The molecular formula is C23H29N3O2. The first-order valence-electron chi connectivity index (χ1n) is 9.95. The molecule has 3 N–H and O–H groups in total. The average Bonchev–Trinajstić information content (AvgIpc) is 2.70. The van der Waals surface area contributed by atoms with Crippen LogP contribution in [0, 0.1) is 12.8 Å². The Bertz CT molecular complexity index is 789. The molecule has 3 unspecified atom stereocenters. The Kier molecular flexibility index (Phi) is 6.82. The number of hydrogen-bond acceptors (Lipinski definition) is 3. The second-order valence-electron chi connectivity index (χ2n) is 7.65. The van der Waals surface area contributed by atoms with Crippen LogP contribution in [0.25, 0.3) is 0 Å². The van der Waals surface area contributed by atoms with Crippen molar-refractivity contribution in [3.05, 3.63) is 71.3 Å². The van der Waals surface area contributed by atoms with Crippen molar-refractivity contribution in [2.24, 2.45) is 5.92 Å². The molecule has 148 valence electrons. The predicted octanol–water partition coefficient (Wildman–Crippen LogP) is 2.97. The maximum atomic E-state index is 12.7. The van der Waals surface area contributed by atoms with Crippen molar-refractivity contribution in [2.75, 3.05) is 13.1 Å². The van der Waals surface area contributed by atoms with E-state index in [9.17, 15) is 9.59 Å². The first-order valence-corrected chi connectivity index (χ1v) is 9.95. The van der Waals surface area contributed by atoms with E-state index in [2.05, 4.69) is 22.9 Å². The van der Waals surface area contributed by atoms with Gasteiger partial charge in [0.1, 0.15) is 0 Å². The SMILES string of the molecule is Cc1ccc(C(=O)NC(CC(=O)NC2CNCCC2C)c2ccccc2)cc1. The Balaban J connectivity index is 1.69. The third kappa shape index (κ3) is 5.42. The zero-order chi connectivity index (χ0) is 19.9. The maximum Gasteiger partial charge on any atom is 0.251 e. The Morgan fingerprint density at radius 1 is 1.11 bits per heavy atom. The van der Waals surface area contributed by atoms with Gasteiger partial charge in [0.15, 0.2) is 0 Å². The summed E-state index contributed by atoms with van der Waals surface area (Å²) in [6, 6.07) is 16.9. The summed E-state index contributed by atoms with van der Waals surface area (Å²) in [5.74, 6) is 0.232. The molecule has 5 nitrogen and oxygen atoms in total. The fourth-order valence-electron chi connectivity index (χ4n) is 3.52. The van der Waals surface area contributed by atoms with Crippen LogP contribution in [0.5, 0.6) is 0 Å². The number of rotatable bonds is 6. The van der Waals surface area contributed by atoms with Gasteiger partial charge in [0.25, 0.3) is 5.91 Å². The summed E-state index contributed by atoms with van der Waals surface area (Å²) >= 11 is 0. The van der Waals surface area contributed by atoms with E-state index < -0.39 is 0 Å². The second-order valence-corrected chi connectivity index (χ2v) is 7.65. The summed E-state index contributed by atoms with van der Waals surface area (Å²) in [6.45, 7) is 5.94. The van der Waals surface area contributed by atoms with Gasteiger partial charge < -0.3 is 16.0 Å². The van der Waals surface area contributed by atoms with E-state index in [1.165, 1.54) is 0 Å². The first-order chi connectivity index (χ1) is 13.5. The van der Waals surface area contributed by atoms with Crippen molar-refractivity contribution in [3.8, 4) is 0 Å². The summed E-state index contributed by atoms with van der Waals surface area (Å²) in [5, 5.41) is 9.50. The number of amides is 2. The highest BCUT2D eigenvalue weighted by molar-refractivity contribution is 5.94. The Morgan fingerprint density at radius 3 is 2.50 bits per heavy atom. The van der Waals surface area contributed by atoms with Crippen LogP contribution in [0.15, 0.2) is 54.6 Å². The summed E-state index contributed by atoms with van der Waals surface area (Å²) in [7, 11) is 0. The van der Waals surface area contributed by atoms with Crippen LogP contribution in [0.3, 0.4) is 0 Å². The fraction of sp³-hybridized carbons (Fsp3) is 0.391. The minimum Gasteiger partial charge on any atom is -0.352 e. The quantitative estimate of drug-likeness (QED) is 0.723. The fourth-order valence-corrected chi connectivity index (χ4v) is 3.52. The molecule has 1 heterocycles. The lowest BCUT2D eigenvalue weighted by molar-refractivity contribution is -0.122. The van der Waals surface area contributed by atoms with Gasteiger partial charge in [-0.15, -0.1) is 0 Å². The highest BCUT2D eigenvalue weighted by Gasteiger charge is 2.25. The number of carbonyl (C=O) groups excluding carboxylic acids is 2. The number of carbonyl (C=O) groups is 2. The molecule has 1 saturated heterocycles. The maximum absolute atomic E-state index is 12.7. The number of piperidine rings is 1. The van der Waals surface area contributed by atoms with E-state index in [0.29, 0.717) is 11.5 Å². The van der Waals surface area contributed by atoms with Gasteiger partial charge in [-0.25, -0.2) is 0 Å². The molecular weight excluding hydrogens is 350 g/mol. The van der Waals surface area contributed by atoms with E-state index in [1.54, 1.807) is 0 Å². The van der Waals surface area contributed by atoms with Gasteiger partial charge in [-0.2, -0.15) is 0 Å². The summed E-state index contributed by atoms with van der Waals surface area (Å²) in [5.41, 5.74) is 2.62. The molecule has 3 atom stereocenters. The summed E-state index contributed by atoms with van der Waals surface area (Å²) < 4.78 is 0. The van der Waals surface area contributed by atoms with E-state index in [1.807, 2.05) is 61.5 Å². The van der Waals surface area contributed by atoms with Crippen molar-refractivity contribution in [2.45, 2.75) is 38.8 Å². The Labute approximate surface area is 166 Å². The molecule has 1 aliphatic rings. The lowest BCUT2D eigenvalue weighted by Crippen LogP contribution is -2.50. The molecule has 0 radical (unpaired) electrons. The minimum absolute atomic E-state index is 0.0430. The van der Waals surface area contributed by atoms with E-state index in [4.69, 9.17) is 0 Å². The van der Waals surface area contributed by atoms with Crippen LogP contribution in [0.4, 0.5) is 0 Å². The molecule has 0 saturated carbocycles. The molecule has 28 heavy (non-hydrogen) atoms. The van der Waals surface area contributed by atoms with Gasteiger partial charge in [-0.05, 0) is 43.5 Å². The largest absolute Gasteiger partial charge is 0.352 e. The third-order valence-corrected chi connectivity index (χ3v) is 5.38. The van der Waals surface area contributed by atoms with E-state index in [-0.39, 0.29) is 30.3 Å². The molecule has 0 bridgehead atoms. The van der Waals surface area contributed by atoms with Crippen molar-refractivity contribution >= 4 is 11.8 Å². The van der Waals surface area contributed by atoms with Crippen molar-refractivity contribution in [1.29, 1.82) is 0 Å². The average molecular weight is 380 g/mol. The Morgan fingerprint density at radius 2 is 1.82 bits per heavy atom. The van der Waals surface area contributed by atoms with Gasteiger partial charge in [-0.3, -0.25) is 9.59 Å². The molecule has 2 aromatic rings.